The van der Waals surface area contributed by atoms with Crippen LogP contribution in [0, 0.1) is 23.2 Å². The molecule has 2 aromatic carbocycles. The number of ether oxygens (including phenoxy) is 2. The summed E-state index contributed by atoms with van der Waals surface area (Å²) in [5, 5.41) is 17.4. The number of nitrogens with one attached hydrogen (secondary N) is 3. The molecule has 0 radical (unpaired) electrons. The molecule has 1 aliphatic heterocycles. The van der Waals surface area contributed by atoms with Gasteiger partial charge in [-0.05, 0) is 61.2 Å². The summed E-state index contributed by atoms with van der Waals surface area (Å²) in [5.41, 5.74) is 19.7. The SMILES string of the molecule is CCCCCCCCCC(=O)NCCC(=O)NCC(=O)C[C@@H](CCN)C(=O)N(C)[C@@H]1C(=O)C[C@@H](C)C(=O)N[C@H](C(=O)CCC#N)Cc2ccc(OCCN)c(c2)-c2cc1ccc2OCCN. The zero-order chi connectivity index (χ0) is 48.4. The van der Waals surface area contributed by atoms with Crippen LogP contribution >= 0.6 is 0 Å². The highest BCUT2D eigenvalue weighted by atomic mass is 16.5. The van der Waals surface area contributed by atoms with E-state index in [4.69, 9.17) is 26.7 Å². The Labute approximate surface area is 389 Å². The number of likely N-dealkylation sites (N-methyl/N-ethyl adjacent to an activating group) is 1. The van der Waals surface area contributed by atoms with Crippen LogP contribution in [0.1, 0.15) is 121 Å². The molecule has 17 nitrogen and oxygen atoms in total. The van der Waals surface area contributed by atoms with Gasteiger partial charge in [0.1, 0.15) is 30.8 Å². The monoisotopic (exact) mass is 917 g/mol. The number of hydrogen-bond donors (Lipinski definition) is 6. The molecule has 2 aromatic rings. The minimum absolute atomic E-state index is 0.0225. The highest BCUT2D eigenvalue weighted by Gasteiger charge is 2.36. The third-order valence-corrected chi connectivity index (χ3v) is 11.5. The fourth-order valence-electron chi connectivity index (χ4n) is 7.92. The van der Waals surface area contributed by atoms with Crippen LogP contribution in [0.5, 0.6) is 11.5 Å². The number of rotatable bonds is 28. The summed E-state index contributed by atoms with van der Waals surface area (Å²) in [6.07, 6.45) is 7.45. The summed E-state index contributed by atoms with van der Waals surface area (Å²) in [7, 11) is 1.45. The van der Waals surface area contributed by atoms with Gasteiger partial charge in [-0.1, -0.05) is 64.5 Å². The number of amides is 4. The summed E-state index contributed by atoms with van der Waals surface area (Å²) < 4.78 is 12.2. The first kappa shape index (κ1) is 54.6. The van der Waals surface area contributed by atoms with Gasteiger partial charge < -0.3 is 47.5 Å². The second-order valence-electron chi connectivity index (χ2n) is 16.9. The lowest BCUT2D eigenvalue weighted by Gasteiger charge is -2.32. The first-order valence-corrected chi connectivity index (χ1v) is 23.5. The van der Waals surface area contributed by atoms with Crippen LogP contribution in [0.4, 0.5) is 0 Å². The van der Waals surface area contributed by atoms with E-state index in [-0.39, 0.29) is 103 Å². The standard InChI is InChI=1S/C49H72N8O9/c1-4-5-6-7-8-9-10-13-45(61)54-24-19-46(62)55-32-37(58)30-36(18-21-51)49(64)57(3)47-35-15-17-44(66-26-23-53)39(31-35)38-28-34(14-16-43(38)65-25-22-52)29-40(41(59)12-11-20-50)56-48(63)33(2)27-42(47)60/h14-17,28,31,33,36,40,47H,4-13,18-19,21-27,29-30,32,51-53H2,1-3H3,(H,54,61)(H,55,62)(H,56,63)/t33-,36-,40+,47+/m1/s1. The molecule has 362 valence electrons. The van der Waals surface area contributed by atoms with Gasteiger partial charge in [-0.2, -0.15) is 5.26 Å². The number of Topliss-reactive ketones (excluding diaryl/α,β-unsaturated/α-hetero) is 3. The fourth-order valence-corrected chi connectivity index (χ4v) is 7.92. The van der Waals surface area contributed by atoms with Crippen LogP contribution < -0.4 is 42.6 Å². The van der Waals surface area contributed by atoms with Gasteiger partial charge in [0.05, 0.1) is 18.7 Å². The van der Waals surface area contributed by atoms with Crippen molar-refractivity contribution in [3.63, 3.8) is 0 Å². The Morgan fingerprint density at radius 3 is 2.12 bits per heavy atom. The Morgan fingerprint density at radius 1 is 0.833 bits per heavy atom. The van der Waals surface area contributed by atoms with Gasteiger partial charge >= 0.3 is 0 Å². The molecule has 0 aromatic heterocycles. The van der Waals surface area contributed by atoms with Gasteiger partial charge in [-0.15, -0.1) is 0 Å². The van der Waals surface area contributed by atoms with Gasteiger partial charge in [0.15, 0.2) is 17.3 Å². The van der Waals surface area contributed by atoms with Crippen molar-refractivity contribution in [2.45, 2.75) is 122 Å². The molecular weight excluding hydrogens is 845 g/mol. The minimum Gasteiger partial charge on any atom is -0.492 e. The van der Waals surface area contributed by atoms with Crippen LogP contribution in [0.15, 0.2) is 36.4 Å². The van der Waals surface area contributed by atoms with Gasteiger partial charge in [0.2, 0.25) is 23.6 Å². The second-order valence-corrected chi connectivity index (χ2v) is 16.9. The molecule has 1 aliphatic rings. The molecule has 17 heteroatoms. The molecule has 66 heavy (non-hydrogen) atoms. The van der Waals surface area contributed by atoms with E-state index in [0.29, 0.717) is 40.2 Å². The third-order valence-electron chi connectivity index (χ3n) is 11.5. The molecule has 0 aliphatic carbocycles. The van der Waals surface area contributed by atoms with E-state index in [1.807, 2.05) is 6.07 Å². The van der Waals surface area contributed by atoms with Crippen LogP contribution in [0.25, 0.3) is 11.1 Å². The summed E-state index contributed by atoms with van der Waals surface area (Å²) in [6.45, 7) is 4.27. The minimum atomic E-state index is -1.27. The first-order valence-electron chi connectivity index (χ1n) is 23.5. The molecule has 4 amide bonds. The molecule has 9 N–H and O–H groups in total. The predicted octanol–water partition coefficient (Wildman–Crippen LogP) is 3.72. The Hall–Kier alpha value is -5.70. The maximum atomic E-state index is 14.6. The number of nitriles is 1. The van der Waals surface area contributed by atoms with Crippen molar-refractivity contribution >= 4 is 41.0 Å². The molecular formula is C49H72N8O9. The van der Waals surface area contributed by atoms with Crippen molar-refractivity contribution in [3.05, 3.63) is 47.5 Å². The number of hydrogen-bond acceptors (Lipinski definition) is 13. The largest absolute Gasteiger partial charge is 0.492 e. The molecule has 0 spiro atoms. The fraction of sp³-hybridized carbons (Fsp3) is 0.592. The highest BCUT2D eigenvalue weighted by Crippen LogP contribution is 2.41. The molecule has 3 rings (SSSR count). The maximum absolute atomic E-state index is 14.6. The number of ketones is 3. The number of carbonyl (C=O) groups is 7. The Bertz CT molecular complexity index is 1990. The lowest BCUT2D eigenvalue weighted by atomic mass is 9.88. The normalized spacial score (nSPS) is 16.5. The van der Waals surface area contributed by atoms with Gasteiger partial charge in [-0.3, -0.25) is 33.6 Å². The van der Waals surface area contributed by atoms with Gasteiger partial charge in [-0.25, -0.2) is 0 Å². The van der Waals surface area contributed by atoms with Crippen LogP contribution in [-0.4, -0.2) is 105 Å². The van der Waals surface area contributed by atoms with Crippen molar-refractivity contribution in [2.24, 2.45) is 29.0 Å². The van der Waals surface area contributed by atoms with Crippen molar-refractivity contribution < 1.29 is 43.0 Å². The van der Waals surface area contributed by atoms with E-state index in [9.17, 15) is 38.8 Å². The van der Waals surface area contributed by atoms with Gasteiger partial charge in [0.25, 0.3) is 0 Å². The average molecular weight is 917 g/mol. The number of nitrogens with zero attached hydrogens (tertiary/aromatic N) is 2. The Balaban J connectivity index is 1.90. The van der Waals surface area contributed by atoms with Crippen molar-refractivity contribution in [2.75, 3.05) is 53.0 Å². The topological polar surface area (TPSA) is 279 Å². The van der Waals surface area contributed by atoms with E-state index >= 15 is 0 Å². The number of nitrogens with two attached hydrogens (primary N) is 3. The summed E-state index contributed by atoms with van der Waals surface area (Å²) in [6, 6.07) is 10.0. The van der Waals surface area contributed by atoms with Crippen LogP contribution in [0.2, 0.25) is 0 Å². The highest BCUT2D eigenvalue weighted by molar-refractivity contribution is 5.97. The molecule has 0 saturated carbocycles. The number of carbonyl (C=O) groups excluding carboxylic acids is 7. The second kappa shape index (κ2) is 29.8. The summed E-state index contributed by atoms with van der Waals surface area (Å²) in [4.78, 5) is 95.6. The Kier molecular flexibility index (Phi) is 24.6. The lowest BCUT2D eigenvalue weighted by molar-refractivity contribution is -0.143. The molecule has 0 unspecified atom stereocenters. The van der Waals surface area contributed by atoms with Crippen molar-refractivity contribution in [1.82, 2.24) is 20.9 Å². The quantitative estimate of drug-likeness (QED) is 0.0665. The summed E-state index contributed by atoms with van der Waals surface area (Å²) >= 11 is 0. The van der Waals surface area contributed by atoms with E-state index in [0.717, 1.165) is 25.7 Å². The molecule has 4 bridgehead atoms. The molecule has 0 saturated heterocycles. The number of fused-ring (bicyclic) bond motifs is 5. The zero-order valence-corrected chi connectivity index (χ0v) is 39.1. The van der Waals surface area contributed by atoms with E-state index in [2.05, 4.69) is 22.9 Å². The van der Waals surface area contributed by atoms with E-state index < -0.39 is 53.2 Å². The van der Waals surface area contributed by atoms with Crippen molar-refractivity contribution in [1.29, 1.82) is 5.26 Å². The Morgan fingerprint density at radius 2 is 1.47 bits per heavy atom. The molecule has 4 atom stereocenters. The van der Waals surface area contributed by atoms with Crippen LogP contribution in [0.3, 0.4) is 0 Å². The summed E-state index contributed by atoms with van der Waals surface area (Å²) in [5.74, 6) is -4.03. The maximum Gasteiger partial charge on any atom is 0.226 e. The van der Waals surface area contributed by atoms with Gasteiger partial charge in [0, 0.05) is 88.2 Å². The number of benzene rings is 2. The predicted molar refractivity (Wildman–Crippen MR) is 251 cm³/mol. The molecule has 1 heterocycles. The lowest BCUT2D eigenvalue weighted by Crippen LogP contribution is -2.46. The zero-order valence-electron chi connectivity index (χ0n) is 39.1. The smallest absolute Gasteiger partial charge is 0.226 e. The number of unbranched alkanes of at least 4 members (excludes halogenated alkanes) is 6. The third kappa shape index (κ3) is 17.9. The van der Waals surface area contributed by atoms with Crippen LogP contribution in [-0.2, 0) is 40.0 Å². The molecule has 0 fully saturated rings. The van der Waals surface area contributed by atoms with E-state index in [1.54, 1.807) is 43.3 Å². The first-order chi connectivity index (χ1) is 31.8. The average Bonchev–Trinajstić information content (AvgIpc) is 3.30. The van der Waals surface area contributed by atoms with E-state index in [1.165, 1.54) is 31.2 Å². The van der Waals surface area contributed by atoms with Crippen molar-refractivity contribution in [3.8, 4) is 28.7 Å².